The number of carbonyl (C=O) groups excluding carboxylic acids is 4. The Labute approximate surface area is 302 Å². The van der Waals surface area contributed by atoms with E-state index < -0.39 is 70.1 Å². The van der Waals surface area contributed by atoms with Crippen molar-refractivity contribution >= 4 is 40.9 Å². The first kappa shape index (κ1) is 33.6. The Morgan fingerprint density at radius 3 is 2.25 bits per heavy atom. The second-order valence-corrected chi connectivity index (χ2v) is 14.2. The molecule has 2 aliphatic carbocycles. The van der Waals surface area contributed by atoms with Gasteiger partial charge in [0, 0.05) is 23.0 Å². The van der Waals surface area contributed by atoms with Crippen molar-refractivity contribution in [3.05, 3.63) is 136 Å². The summed E-state index contributed by atoms with van der Waals surface area (Å²) in [6.45, 7) is 0.108. The minimum absolute atomic E-state index is 0.000796. The molecule has 0 spiro atoms. The van der Waals surface area contributed by atoms with Crippen LogP contribution in [0.4, 0.5) is 14.5 Å². The number of carbonyl (C=O) groups is 4. The van der Waals surface area contributed by atoms with E-state index in [1.807, 2.05) is 6.08 Å². The molecule has 6 atom stereocenters. The summed E-state index contributed by atoms with van der Waals surface area (Å²) in [5, 5.41) is 22.3. The second-order valence-electron chi connectivity index (χ2n) is 13.8. The average molecular weight is 724 g/mol. The van der Waals surface area contributed by atoms with Gasteiger partial charge in [-0.25, -0.2) is 8.78 Å². The molecular weight excluding hydrogens is 692 g/mol. The minimum Gasteiger partial charge on any atom is -0.508 e. The summed E-state index contributed by atoms with van der Waals surface area (Å²) in [6.07, 6.45) is 2.34. The Balaban J connectivity index is 1.26. The molecule has 3 N–H and O–H groups in total. The molecule has 4 aromatic rings. The van der Waals surface area contributed by atoms with Crippen molar-refractivity contribution in [3.8, 4) is 11.5 Å². The maximum atomic E-state index is 15.3. The van der Waals surface area contributed by atoms with Gasteiger partial charge in [0.2, 0.25) is 11.8 Å². The molecule has 2 aliphatic heterocycles. The Hall–Kier alpha value is -5.55. The van der Waals surface area contributed by atoms with Crippen LogP contribution in [0.2, 0.25) is 5.02 Å². The van der Waals surface area contributed by atoms with Gasteiger partial charge in [-0.05, 0) is 90.9 Å². The van der Waals surface area contributed by atoms with E-state index in [1.165, 1.54) is 53.4 Å². The zero-order valence-corrected chi connectivity index (χ0v) is 28.3. The highest BCUT2D eigenvalue weighted by Crippen LogP contribution is 2.65. The van der Waals surface area contributed by atoms with Gasteiger partial charge in [0.1, 0.15) is 11.6 Å². The fourth-order valence-corrected chi connectivity index (χ4v) is 9.08. The van der Waals surface area contributed by atoms with Crippen LogP contribution in [0.3, 0.4) is 0 Å². The van der Waals surface area contributed by atoms with Crippen LogP contribution in [0.25, 0.3) is 0 Å². The lowest BCUT2D eigenvalue weighted by Crippen LogP contribution is -2.53. The van der Waals surface area contributed by atoms with Crippen LogP contribution >= 0.6 is 11.6 Å². The van der Waals surface area contributed by atoms with Crippen LogP contribution in [0.5, 0.6) is 11.5 Å². The fraction of sp³-hybridized carbons (Fsp3) is 0.250. The third-order valence-corrected chi connectivity index (χ3v) is 11.5. The second kappa shape index (κ2) is 12.6. The number of hydrazine groups is 1. The van der Waals surface area contributed by atoms with Gasteiger partial charge in [0.15, 0.2) is 11.6 Å². The van der Waals surface area contributed by atoms with Gasteiger partial charge in [-0.1, -0.05) is 59.6 Å². The minimum atomic E-state index is -1.75. The summed E-state index contributed by atoms with van der Waals surface area (Å²) in [5.74, 6) is -8.68. The van der Waals surface area contributed by atoms with Crippen LogP contribution in [0, 0.1) is 35.3 Å². The van der Waals surface area contributed by atoms with E-state index in [1.54, 1.807) is 36.4 Å². The van der Waals surface area contributed by atoms with Crippen molar-refractivity contribution in [2.24, 2.45) is 23.7 Å². The summed E-state index contributed by atoms with van der Waals surface area (Å²) < 4.78 is 29.1. The number of hydrogen-bond acceptors (Lipinski definition) is 7. The predicted molar refractivity (Wildman–Crippen MR) is 186 cm³/mol. The van der Waals surface area contributed by atoms with Gasteiger partial charge in [-0.3, -0.25) is 29.5 Å². The van der Waals surface area contributed by atoms with Crippen LogP contribution in [-0.4, -0.2) is 50.3 Å². The Bertz CT molecular complexity index is 2160. The number of phenolic OH excluding ortho intramolecular Hbond substituents is 2. The molecule has 2 saturated heterocycles. The van der Waals surface area contributed by atoms with Crippen molar-refractivity contribution in [1.82, 2.24) is 9.91 Å². The first-order chi connectivity index (χ1) is 25.0. The van der Waals surface area contributed by atoms with Crippen molar-refractivity contribution in [3.63, 3.8) is 0 Å². The predicted octanol–water partition coefficient (Wildman–Crippen LogP) is 6.26. The van der Waals surface area contributed by atoms with Crippen molar-refractivity contribution in [2.75, 3.05) is 12.0 Å². The van der Waals surface area contributed by atoms with E-state index in [9.17, 15) is 29.0 Å². The Kier molecular flexibility index (Phi) is 8.13. The van der Waals surface area contributed by atoms with Gasteiger partial charge >= 0.3 is 0 Å². The quantitative estimate of drug-likeness (QED) is 0.152. The number of nitrogens with zero attached hydrogens (tertiary/aromatic N) is 2. The summed E-state index contributed by atoms with van der Waals surface area (Å²) >= 11 is 6.30. The number of aromatic hydroxyl groups is 2. The molecule has 6 unspecified atom stereocenters. The third-order valence-electron chi connectivity index (χ3n) is 11.2. The van der Waals surface area contributed by atoms with Gasteiger partial charge in [0.25, 0.3) is 11.8 Å². The highest BCUT2D eigenvalue weighted by Gasteiger charge is 2.70. The number of fused-ring (bicyclic) bond motifs is 4. The molecule has 52 heavy (non-hydrogen) atoms. The average Bonchev–Trinajstić information content (AvgIpc) is 3.51. The third kappa shape index (κ3) is 5.09. The lowest BCUT2D eigenvalue weighted by atomic mass is 9.49. The first-order valence-electron chi connectivity index (χ1n) is 17.0. The number of amides is 4. The number of hydrogen-bond donors (Lipinski definition) is 3. The molecule has 4 amide bonds. The molecule has 9 nitrogen and oxygen atoms in total. The van der Waals surface area contributed by atoms with E-state index in [2.05, 4.69) is 5.43 Å². The van der Waals surface area contributed by atoms with Crippen molar-refractivity contribution < 1.29 is 38.2 Å². The maximum absolute atomic E-state index is 15.3. The Morgan fingerprint density at radius 2 is 1.54 bits per heavy atom. The van der Waals surface area contributed by atoms with E-state index in [-0.39, 0.29) is 42.3 Å². The molecule has 8 rings (SSSR count). The van der Waals surface area contributed by atoms with Crippen molar-refractivity contribution in [1.29, 1.82) is 0 Å². The van der Waals surface area contributed by atoms with Crippen LogP contribution in [-0.2, 0) is 31.0 Å². The number of phenols is 2. The standard InChI is InChI=1S/C40H32ClF2N3O6/c41-23-8-6-22(7-9-23)40-31(37(50)46(39(40)52)44-25-12-10-24(42)11-13-25)20-30-27(34(40)29-2-1-3-32(43)35(29)48)16-17-28-33(30)38(51)45(36(28)49)19-18-21-4-14-26(47)15-5-21/h1-16,28,30-31,33-34,44,47-48H,17-20H2. The van der Waals surface area contributed by atoms with Gasteiger partial charge < -0.3 is 10.2 Å². The fourth-order valence-electron chi connectivity index (χ4n) is 8.95. The molecule has 4 aliphatic rings. The molecule has 12 heteroatoms. The topological polar surface area (TPSA) is 127 Å². The molecule has 0 aromatic heterocycles. The number of nitrogens with one attached hydrogen (secondary N) is 1. The smallest absolute Gasteiger partial charge is 0.260 e. The van der Waals surface area contributed by atoms with Crippen LogP contribution in [0.15, 0.2) is 103 Å². The number of likely N-dealkylation sites (tertiary alicyclic amines) is 1. The van der Waals surface area contributed by atoms with E-state index >= 15 is 9.18 Å². The van der Waals surface area contributed by atoms with E-state index in [0.717, 1.165) is 16.6 Å². The van der Waals surface area contributed by atoms with E-state index in [4.69, 9.17) is 11.6 Å². The Morgan fingerprint density at radius 1 is 0.827 bits per heavy atom. The lowest BCUT2D eigenvalue weighted by molar-refractivity contribution is -0.141. The molecule has 3 fully saturated rings. The molecular formula is C40H32ClF2N3O6. The number of rotatable bonds is 7. The number of para-hydroxylation sites is 1. The summed E-state index contributed by atoms with van der Waals surface area (Å²) in [5.41, 5.74) is 3.19. The summed E-state index contributed by atoms with van der Waals surface area (Å²) in [6, 6.07) is 22.1. The first-order valence-corrected chi connectivity index (χ1v) is 17.4. The van der Waals surface area contributed by atoms with Crippen LogP contribution < -0.4 is 5.43 Å². The van der Waals surface area contributed by atoms with Crippen LogP contribution in [0.1, 0.15) is 35.4 Å². The molecule has 4 aromatic carbocycles. The summed E-state index contributed by atoms with van der Waals surface area (Å²) in [4.78, 5) is 59.2. The van der Waals surface area contributed by atoms with Gasteiger partial charge in [-0.15, -0.1) is 0 Å². The highest BCUT2D eigenvalue weighted by molar-refractivity contribution is 6.30. The summed E-state index contributed by atoms with van der Waals surface area (Å²) in [7, 11) is 0. The lowest BCUT2D eigenvalue weighted by Gasteiger charge is -2.50. The zero-order valence-electron chi connectivity index (χ0n) is 27.5. The zero-order chi connectivity index (χ0) is 36.5. The number of benzene rings is 4. The maximum Gasteiger partial charge on any atom is 0.260 e. The highest BCUT2D eigenvalue weighted by atomic mass is 35.5. The van der Waals surface area contributed by atoms with E-state index in [0.29, 0.717) is 22.6 Å². The molecule has 1 saturated carbocycles. The molecule has 0 radical (unpaired) electrons. The number of anilines is 1. The number of allylic oxidation sites excluding steroid dienone is 2. The number of halogens is 3. The largest absolute Gasteiger partial charge is 0.508 e. The number of imide groups is 2. The van der Waals surface area contributed by atoms with Crippen molar-refractivity contribution in [2.45, 2.75) is 30.6 Å². The van der Waals surface area contributed by atoms with Gasteiger partial charge in [0.05, 0.1) is 28.9 Å². The molecule has 2 heterocycles. The normalized spacial score (nSPS) is 26.6. The molecule has 0 bridgehead atoms. The van der Waals surface area contributed by atoms with Gasteiger partial charge in [-0.2, -0.15) is 5.01 Å². The monoisotopic (exact) mass is 723 g/mol. The molecule has 264 valence electrons. The SMILES string of the molecule is O=C1C2CC=C3C(CC4C(=O)N(Nc5ccc(F)cc5)C(=O)C4(c4ccc(Cl)cc4)C3c3cccc(F)c3O)C2C(=O)N1CCc1ccc(O)cc1.